The summed E-state index contributed by atoms with van der Waals surface area (Å²) in [4.78, 5) is 0. The zero-order chi connectivity index (χ0) is 14.2. The first-order chi connectivity index (χ1) is 9.55. The molecule has 1 saturated heterocycles. The van der Waals surface area contributed by atoms with Crippen molar-refractivity contribution in [1.29, 1.82) is 0 Å². The first-order valence-electron chi connectivity index (χ1n) is 6.74. The van der Waals surface area contributed by atoms with E-state index in [2.05, 4.69) is 15.5 Å². The minimum atomic E-state index is -2.92. The highest BCUT2D eigenvalue weighted by Crippen LogP contribution is 2.24. The SMILES string of the molecule is Cc1nnc(NC2CCCS(=O)(=O)C2)c2ccccc12. The lowest BCUT2D eigenvalue weighted by Crippen LogP contribution is -2.35. The molecule has 3 rings (SSSR count). The number of sulfone groups is 1. The average molecular weight is 291 g/mol. The summed E-state index contributed by atoms with van der Waals surface area (Å²) in [5, 5.41) is 13.6. The van der Waals surface area contributed by atoms with Gasteiger partial charge in [-0.2, -0.15) is 5.10 Å². The van der Waals surface area contributed by atoms with Gasteiger partial charge in [-0.3, -0.25) is 0 Å². The van der Waals surface area contributed by atoms with Crippen molar-refractivity contribution in [1.82, 2.24) is 10.2 Å². The molecule has 1 unspecified atom stereocenters. The molecule has 1 aromatic carbocycles. The van der Waals surface area contributed by atoms with Gasteiger partial charge in [0.2, 0.25) is 0 Å². The molecule has 1 fully saturated rings. The molecule has 0 aliphatic carbocycles. The van der Waals surface area contributed by atoms with Gasteiger partial charge in [-0.05, 0) is 19.8 Å². The maximum Gasteiger partial charge on any atom is 0.156 e. The van der Waals surface area contributed by atoms with E-state index in [0.29, 0.717) is 18.0 Å². The smallest absolute Gasteiger partial charge is 0.156 e. The Morgan fingerprint density at radius 3 is 2.70 bits per heavy atom. The van der Waals surface area contributed by atoms with Crippen molar-refractivity contribution in [3.8, 4) is 0 Å². The van der Waals surface area contributed by atoms with Crippen molar-refractivity contribution in [3.63, 3.8) is 0 Å². The average Bonchev–Trinajstić information content (AvgIpc) is 2.41. The molecule has 0 saturated carbocycles. The number of hydrogen-bond donors (Lipinski definition) is 1. The lowest BCUT2D eigenvalue weighted by molar-refractivity contribution is 0.561. The fraction of sp³-hybridized carbons (Fsp3) is 0.429. The van der Waals surface area contributed by atoms with Crippen LogP contribution in [-0.4, -0.2) is 36.2 Å². The summed E-state index contributed by atoms with van der Waals surface area (Å²) in [6.07, 6.45) is 1.56. The number of aromatic nitrogens is 2. The monoisotopic (exact) mass is 291 g/mol. The van der Waals surface area contributed by atoms with Crippen molar-refractivity contribution in [3.05, 3.63) is 30.0 Å². The molecule has 0 amide bonds. The molecule has 0 radical (unpaired) electrons. The third-order valence-electron chi connectivity index (χ3n) is 3.68. The van der Waals surface area contributed by atoms with Crippen LogP contribution in [0.15, 0.2) is 24.3 Å². The van der Waals surface area contributed by atoms with Gasteiger partial charge in [0, 0.05) is 16.8 Å². The van der Waals surface area contributed by atoms with Crippen molar-refractivity contribution >= 4 is 26.4 Å². The van der Waals surface area contributed by atoms with Crippen LogP contribution in [0, 0.1) is 6.92 Å². The summed E-state index contributed by atoms with van der Waals surface area (Å²) in [6.45, 7) is 1.92. The van der Waals surface area contributed by atoms with E-state index in [1.54, 1.807) is 0 Å². The van der Waals surface area contributed by atoms with E-state index in [-0.39, 0.29) is 11.8 Å². The van der Waals surface area contributed by atoms with Crippen LogP contribution in [0.2, 0.25) is 0 Å². The molecule has 2 aromatic rings. The Morgan fingerprint density at radius 1 is 1.20 bits per heavy atom. The number of hydrogen-bond acceptors (Lipinski definition) is 5. The van der Waals surface area contributed by atoms with Gasteiger partial charge in [0.05, 0.1) is 17.2 Å². The van der Waals surface area contributed by atoms with Gasteiger partial charge in [-0.1, -0.05) is 24.3 Å². The van der Waals surface area contributed by atoms with Gasteiger partial charge >= 0.3 is 0 Å². The highest BCUT2D eigenvalue weighted by molar-refractivity contribution is 7.91. The molecule has 2 heterocycles. The Hall–Kier alpha value is -1.69. The molecule has 6 heteroatoms. The van der Waals surface area contributed by atoms with Crippen LogP contribution in [0.25, 0.3) is 10.8 Å². The predicted octanol–water partition coefficient (Wildman–Crippen LogP) is 1.93. The molecule has 1 aromatic heterocycles. The van der Waals surface area contributed by atoms with Gasteiger partial charge in [0.25, 0.3) is 0 Å². The minimum absolute atomic E-state index is 0.0748. The molecular formula is C14H17N3O2S. The van der Waals surface area contributed by atoms with Crippen LogP contribution in [0.3, 0.4) is 0 Å². The summed E-state index contributed by atoms with van der Waals surface area (Å²) >= 11 is 0. The molecule has 0 bridgehead atoms. The van der Waals surface area contributed by atoms with Gasteiger partial charge in [-0.25, -0.2) is 8.42 Å². The maximum atomic E-state index is 11.7. The molecule has 1 atom stereocenters. The van der Waals surface area contributed by atoms with Gasteiger partial charge in [0.15, 0.2) is 15.7 Å². The third-order valence-corrected chi connectivity index (χ3v) is 5.50. The minimum Gasteiger partial charge on any atom is -0.364 e. The van der Waals surface area contributed by atoms with E-state index in [1.807, 2.05) is 31.2 Å². The Morgan fingerprint density at radius 2 is 1.95 bits per heavy atom. The van der Waals surface area contributed by atoms with E-state index in [1.165, 1.54) is 0 Å². The number of fused-ring (bicyclic) bond motifs is 1. The second kappa shape index (κ2) is 5.01. The topological polar surface area (TPSA) is 72.0 Å². The van der Waals surface area contributed by atoms with E-state index in [4.69, 9.17) is 0 Å². The van der Waals surface area contributed by atoms with Crippen molar-refractivity contribution in [2.24, 2.45) is 0 Å². The molecule has 5 nitrogen and oxygen atoms in total. The molecule has 106 valence electrons. The maximum absolute atomic E-state index is 11.7. The van der Waals surface area contributed by atoms with Gasteiger partial charge in [-0.15, -0.1) is 5.10 Å². The van der Waals surface area contributed by atoms with Crippen LogP contribution in [0.1, 0.15) is 18.5 Å². The Balaban J connectivity index is 1.93. The fourth-order valence-corrected chi connectivity index (χ4v) is 4.31. The summed E-state index contributed by atoms with van der Waals surface area (Å²) in [6, 6.07) is 7.82. The van der Waals surface area contributed by atoms with E-state index >= 15 is 0 Å². The van der Waals surface area contributed by atoms with Crippen LogP contribution in [0.5, 0.6) is 0 Å². The van der Waals surface area contributed by atoms with Crippen LogP contribution in [-0.2, 0) is 9.84 Å². The summed E-state index contributed by atoms with van der Waals surface area (Å²) in [5.74, 6) is 1.15. The number of anilines is 1. The number of nitrogens with one attached hydrogen (secondary N) is 1. The lowest BCUT2D eigenvalue weighted by Gasteiger charge is -2.23. The second-order valence-corrected chi connectivity index (χ2v) is 7.51. The highest BCUT2D eigenvalue weighted by Gasteiger charge is 2.25. The fourth-order valence-electron chi connectivity index (χ4n) is 2.67. The van der Waals surface area contributed by atoms with E-state index < -0.39 is 9.84 Å². The number of rotatable bonds is 2. The lowest BCUT2D eigenvalue weighted by atomic mass is 10.1. The first kappa shape index (κ1) is 13.3. The van der Waals surface area contributed by atoms with Crippen molar-refractivity contribution in [2.75, 3.05) is 16.8 Å². The molecular weight excluding hydrogens is 274 g/mol. The van der Waals surface area contributed by atoms with Crippen LogP contribution in [0.4, 0.5) is 5.82 Å². The van der Waals surface area contributed by atoms with E-state index in [9.17, 15) is 8.42 Å². The first-order valence-corrected chi connectivity index (χ1v) is 8.56. The van der Waals surface area contributed by atoms with Crippen molar-refractivity contribution in [2.45, 2.75) is 25.8 Å². The Labute approximate surface area is 118 Å². The van der Waals surface area contributed by atoms with Gasteiger partial charge < -0.3 is 5.32 Å². The molecule has 1 N–H and O–H groups in total. The largest absolute Gasteiger partial charge is 0.364 e. The predicted molar refractivity (Wildman–Crippen MR) is 79.6 cm³/mol. The standard InChI is InChI=1S/C14H17N3O2S/c1-10-12-6-2-3-7-13(12)14(17-16-10)15-11-5-4-8-20(18,19)9-11/h2-3,6-7,11H,4-5,8-9H2,1H3,(H,15,17). The third kappa shape index (κ3) is 2.60. The summed E-state index contributed by atoms with van der Waals surface area (Å²) in [7, 11) is -2.92. The normalized spacial score (nSPS) is 21.8. The zero-order valence-corrected chi connectivity index (χ0v) is 12.2. The quantitative estimate of drug-likeness (QED) is 0.915. The van der Waals surface area contributed by atoms with Crippen LogP contribution >= 0.6 is 0 Å². The number of nitrogens with zero attached hydrogens (tertiary/aromatic N) is 2. The zero-order valence-electron chi connectivity index (χ0n) is 11.3. The molecule has 1 aliphatic heterocycles. The highest BCUT2D eigenvalue weighted by atomic mass is 32.2. The Kier molecular flexibility index (Phi) is 3.33. The van der Waals surface area contributed by atoms with Crippen LogP contribution < -0.4 is 5.32 Å². The number of benzene rings is 1. The van der Waals surface area contributed by atoms with E-state index in [0.717, 1.165) is 22.9 Å². The summed E-state index contributed by atoms with van der Waals surface area (Å²) < 4.78 is 23.4. The molecule has 0 spiro atoms. The molecule has 20 heavy (non-hydrogen) atoms. The second-order valence-electron chi connectivity index (χ2n) is 5.28. The van der Waals surface area contributed by atoms with Crippen molar-refractivity contribution < 1.29 is 8.42 Å². The van der Waals surface area contributed by atoms with Gasteiger partial charge in [0.1, 0.15) is 0 Å². The summed E-state index contributed by atoms with van der Waals surface area (Å²) in [5.41, 5.74) is 0.877. The molecule has 1 aliphatic rings. The Bertz CT molecular complexity index is 743. The number of aryl methyl sites for hydroxylation is 1.